The number of thiophene rings is 1. The molecule has 0 saturated heterocycles. The summed E-state index contributed by atoms with van der Waals surface area (Å²) < 4.78 is 3.12. The van der Waals surface area contributed by atoms with Gasteiger partial charge in [-0.1, -0.05) is 25.4 Å². The monoisotopic (exact) mass is 309 g/mol. The highest BCUT2D eigenvalue weighted by molar-refractivity contribution is 7.16. The minimum absolute atomic E-state index is 0.148. The molecule has 0 saturated carbocycles. The molecule has 1 N–H and O–H groups in total. The van der Waals surface area contributed by atoms with Crippen molar-refractivity contribution in [3.63, 3.8) is 0 Å². The van der Waals surface area contributed by atoms with Crippen LogP contribution in [0.2, 0.25) is 4.34 Å². The summed E-state index contributed by atoms with van der Waals surface area (Å²) in [5.41, 5.74) is 2.51. The van der Waals surface area contributed by atoms with Gasteiger partial charge in [-0.3, -0.25) is 0 Å². The first-order chi connectivity index (χ1) is 9.37. The second kappa shape index (κ2) is 4.90. The van der Waals surface area contributed by atoms with E-state index in [0.717, 1.165) is 22.7 Å². The molecule has 0 bridgehead atoms. The molecule has 1 aliphatic carbocycles. The molecular weight excluding hydrogens is 290 g/mol. The summed E-state index contributed by atoms with van der Waals surface area (Å²) >= 11 is 7.67. The minimum atomic E-state index is -0.339. The molecule has 3 rings (SSSR count). The summed E-state index contributed by atoms with van der Waals surface area (Å²) in [5.74, 6) is 0. The molecule has 0 spiro atoms. The normalized spacial score (nSPS) is 22.6. The molecule has 0 amide bonds. The van der Waals surface area contributed by atoms with Crippen LogP contribution in [0.5, 0.6) is 0 Å². The van der Waals surface area contributed by atoms with Crippen LogP contribution >= 0.6 is 22.9 Å². The molecule has 0 aliphatic heterocycles. The zero-order valence-electron chi connectivity index (χ0n) is 12.1. The van der Waals surface area contributed by atoms with E-state index in [9.17, 15) is 5.11 Å². The average molecular weight is 310 g/mol. The van der Waals surface area contributed by atoms with Gasteiger partial charge < -0.3 is 9.67 Å². The molecule has 2 unspecified atom stereocenters. The van der Waals surface area contributed by atoms with Gasteiger partial charge in [-0.2, -0.15) is 0 Å². The molecule has 20 heavy (non-hydrogen) atoms. The molecular formula is C16H20ClNOS. The third-order valence-corrected chi connectivity index (χ3v) is 5.63. The Labute approximate surface area is 129 Å². The van der Waals surface area contributed by atoms with Gasteiger partial charge in [0, 0.05) is 22.3 Å². The Morgan fingerprint density at radius 3 is 2.80 bits per heavy atom. The van der Waals surface area contributed by atoms with Crippen LogP contribution in [0.15, 0.2) is 24.4 Å². The molecule has 0 radical (unpaired) electrons. The average Bonchev–Trinajstić information content (AvgIpc) is 2.93. The summed E-state index contributed by atoms with van der Waals surface area (Å²) in [6, 6.07) is 6.37. The summed E-state index contributed by atoms with van der Waals surface area (Å²) in [5, 5.41) is 10.3. The minimum Gasteiger partial charge on any atom is -0.388 e. The van der Waals surface area contributed by atoms with Crippen molar-refractivity contribution in [2.75, 3.05) is 0 Å². The maximum Gasteiger partial charge on any atom is 0.0932 e. The van der Waals surface area contributed by atoms with E-state index in [4.69, 9.17) is 11.6 Å². The number of hydrogen-bond donors (Lipinski definition) is 1. The van der Waals surface area contributed by atoms with E-state index in [1.165, 1.54) is 10.6 Å². The van der Waals surface area contributed by atoms with Crippen molar-refractivity contribution in [3.8, 4) is 0 Å². The van der Waals surface area contributed by atoms with Crippen molar-refractivity contribution in [3.05, 3.63) is 44.9 Å². The zero-order valence-corrected chi connectivity index (χ0v) is 13.6. The fraction of sp³-hybridized carbons (Fsp3) is 0.500. The zero-order chi connectivity index (χ0) is 14.5. The van der Waals surface area contributed by atoms with Gasteiger partial charge in [0.2, 0.25) is 0 Å². The molecule has 2 heterocycles. The lowest BCUT2D eigenvalue weighted by Gasteiger charge is -2.34. The second-order valence-corrected chi connectivity index (χ2v) is 8.25. The van der Waals surface area contributed by atoms with Gasteiger partial charge in [0.25, 0.3) is 0 Å². The van der Waals surface area contributed by atoms with Crippen molar-refractivity contribution in [1.29, 1.82) is 0 Å². The Morgan fingerprint density at radius 1 is 1.40 bits per heavy atom. The number of aliphatic hydroxyl groups is 1. The maximum absolute atomic E-state index is 10.3. The first-order valence-corrected chi connectivity index (χ1v) is 8.20. The lowest BCUT2D eigenvalue weighted by Crippen LogP contribution is -2.27. The Bertz CT molecular complexity index is 628. The van der Waals surface area contributed by atoms with Crippen molar-refractivity contribution >= 4 is 22.9 Å². The van der Waals surface area contributed by atoms with E-state index in [2.05, 4.69) is 43.7 Å². The van der Waals surface area contributed by atoms with Gasteiger partial charge in [0.1, 0.15) is 0 Å². The molecule has 2 aromatic rings. The molecule has 1 aliphatic rings. The number of hydrogen-bond acceptors (Lipinski definition) is 2. The highest BCUT2D eigenvalue weighted by Crippen LogP contribution is 2.42. The summed E-state index contributed by atoms with van der Waals surface area (Å²) in [4.78, 5) is 1.26. The quantitative estimate of drug-likeness (QED) is 0.845. The summed E-state index contributed by atoms with van der Waals surface area (Å²) in [6.45, 7) is 6.64. The fourth-order valence-corrected chi connectivity index (χ4v) is 4.32. The lowest BCUT2D eigenvalue weighted by molar-refractivity contribution is 0.0978. The predicted octanol–water partition coefficient (Wildman–Crippen LogP) is 4.82. The first kappa shape index (κ1) is 14.2. The first-order valence-electron chi connectivity index (χ1n) is 7.00. The van der Waals surface area contributed by atoms with E-state index in [-0.39, 0.29) is 17.6 Å². The third kappa shape index (κ3) is 2.43. The van der Waals surface area contributed by atoms with Crippen molar-refractivity contribution < 1.29 is 5.11 Å². The number of aromatic nitrogens is 1. The number of nitrogens with zero attached hydrogens (tertiary/aromatic N) is 1. The van der Waals surface area contributed by atoms with Gasteiger partial charge in [0.05, 0.1) is 16.5 Å². The fourth-order valence-electron chi connectivity index (χ4n) is 3.20. The van der Waals surface area contributed by atoms with Gasteiger partial charge in [0.15, 0.2) is 0 Å². The highest BCUT2D eigenvalue weighted by Gasteiger charge is 2.34. The van der Waals surface area contributed by atoms with Gasteiger partial charge >= 0.3 is 0 Å². The van der Waals surface area contributed by atoms with E-state index in [0.29, 0.717) is 0 Å². The van der Waals surface area contributed by atoms with Gasteiger partial charge in [-0.25, -0.2) is 0 Å². The van der Waals surface area contributed by atoms with E-state index >= 15 is 0 Å². The molecule has 108 valence electrons. The molecule has 0 fully saturated rings. The number of aliphatic hydroxyl groups excluding tert-OH is 1. The van der Waals surface area contributed by atoms with Crippen LogP contribution in [0.1, 0.15) is 55.5 Å². The van der Waals surface area contributed by atoms with Gasteiger partial charge in [-0.05, 0) is 43.4 Å². The Kier molecular flexibility index (Phi) is 3.47. The van der Waals surface area contributed by atoms with Gasteiger partial charge in [-0.15, -0.1) is 11.3 Å². The number of rotatable bonds is 2. The van der Waals surface area contributed by atoms with Crippen molar-refractivity contribution in [1.82, 2.24) is 4.57 Å². The van der Waals surface area contributed by atoms with Crippen LogP contribution in [0.3, 0.4) is 0 Å². The van der Waals surface area contributed by atoms with E-state index in [1.54, 1.807) is 11.3 Å². The van der Waals surface area contributed by atoms with Crippen LogP contribution < -0.4 is 0 Å². The van der Waals surface area contributed by atoms with Crippen LogP contribution in [-0.2, 0) is 6.42 Å². The van der Waals surface area contributed by atoms with Crippen LogP contribution in [0.25, 0.3) is 0 Å². The van der Waals surface area contributed by atoms with Crippen molar-refractivity contribution in [2.24, 2.45) is 5.41 Å². The lowest BCUT2D eigenvalue weighted by atomic mass is 9.75. The standard InChI is InChI=1S/C16H20ClNOS/c1-10(14-4-5-15(17)20-14)18-7-6-11-12(18)8-16(2,3)9-13(11)19/h4-7,10,13,19H,8-9H2,1-3H3. The van der Waals surface area contributed by atoms with Crippen LogP contribution in [0.4, 0.5) is 0 Å². The largest absolute Gasteiger partial charge is 0.388 e. The van der Waals surface area contributed by atoms with E-state index < -0.39 is 0 Å². The molecule has 2 nitrogen and oxygen atoms in total. The SMILES string of the molecule is CC(c1ccc(Cl)s1)n1ccc2c1CC(C)(C)CC2O. The summed E-state index contributed by atoms with van der Waals surface area (Å²) in [6.07, 6.45) is 3.61. The molecule has 2 atom stereocenters. The maximum atomic E-state index is 10.3. The van der Waals surface area contributed by atoms with Crippen molar-refractivity contribution in [2.45, 2.75) is 45.8 Å². The summed E-state index contributed by atoms with van der Waals surface area (Å²) in [7, 11) is 0. The number of fused-ring (bicyclic) bond motifs is 1. The smallest absolute Gasteiger partial charge is 0.0932 e. The Balaban J connectivity index is 2.00. The molecule has 4 heteroatoms. The van der Waals surface area contributed by atoms with Crippen LogP contribution in [0, 0.1) is 5.41 Å². The Hall–Kier alpha value is -0.770. The predicted molar refractivity (Wildman–Crippen MR) is 84.6 cm³/mol. The van der Waals surface area contributed by atoms with Crippen LogP contribution in [-0.4, -0.2) is 9.67 Å². The van der Waals surface area contributed by atoms with E-state index in [1.807, 2.05) is 6.07 Å². The highest BCUT2D eigenvalue weighted by atomic mass is 35.5. The molecule has 0 aromatic carbocycles. The molecule has 2 aromatic heterocycles. The third-order valence-electron chi connectivity index (χ3n) is 4.23. The topological polar surface area (TPSA) is 25.2 Å². The second-order valence-electron chi connectivity index (χ2n) is 6.50. The Morgan fingerprint density at radius 2 is 2.15 bits per heavy atom. The number of halogens is 1.